The maximum absolute atomic E-state index is 15.4. The molecule has 0 saturated carbocycles. The van der Waals surface area contributed by atoms with Gasteiger partial charge in [-0.15, -0.1) is 0 Å². The lowest BCUT2D eigenvalue weighted by molar-refractivity contribution is -0.0823. The minimum absolute atomic E-state index is 0.0460. The van der Waals surface area contributed by atoms with Gasteiger partial charge in [-0.1, -0.05) is 71.6 Å². The summed E-state index contributed by atoms with van der Waals surface area (Å²) in [5, 5.41) is 0. The van der Waals surface area contributed by atoms with Gasteiger partial charge in [0.05, 0.1) is 29.6 Å². The minimum Gasteiger partial charge on any atom is -0.488 e. The van der Waals surface area contributed by atoms with Crippen LogP contribution in [0.3, 0.4) is 0 Å². The molecule has 1 fully saturated rings. The predicted octanol–water partition coefficient (Wildman–Crippen LogP) is 8.55. The summed E-state index contributed by atoms with van der Waals surface area (Å²) in [6, 6.07) is 1.29. The predicted molar refractivity (Wildman–Crippen MR) is 139 cm³/mol. The van der Waals surface area contributed by atoms with Crippen molar-refractivity contribution in [3.8, 4) is 17.1 Å². The van der Waals surface area contributed by atoms with Crippen LogP contribution in [0.4, 0.5) is 17.6 Å². The van der Waals surface area contributed by atoms with Crippen molar-refractivity contribution in [1.82, 2.24) is 9.97 Å². The van der Waals surface area contributed by atoms with Crippen LogP contribution in [0.15, 0.2) is 18.5 Å². The van der Waals surface area contributed by atoms with Crippen LogP contribution in [0, 0.1) is 17.6 Å². The number of epoxide rings is 1. The summed E-state index contributed by atoms with van der Waals surface area (Å²) in [6.07, 6.45) is 14.3. The number of aryl methyl sites for hydroxylation is 1. The molecule has 1 aromatic carbocycles. The fraction of sp³-hybridized carbons (Fsp3) is 0.667. The normalized spacial score (nSPS) is 21.8. The average molecular weight is 537 g/mol. The van der Waals surface area contributed by atoms with Crippen LogP contribution < -0.4 is 4.74 Å². The molecule has 38 heavy (non-hydrogen) atoms. The summed E-state index contributed by atoms with van der Waals surface area (Å²) >= 11 is 0. The van der Waals surface area contributed by atoms with E-state index in [1.807, 2.05) is 0 Å². The number of rotatable bonds is 15. The number of unbranched alkanes of at least 4 members (excludes halogenated alkanes) is 7. The zero-order chi connectivity index (χ0) is 27.1. The van der Waals surface area contributed by atoms with Crippen LogP contribution in [0.25, 0.3) is 11.4 Å². The third-order valence-corrected chi connectivity index (χ3v) is 7.87. The summed E-state index contributed by atoms with van der Waals surface area (Å²) in [5.41, 5.74) is -0.869. The minimum atomic E-state index is -3.41. The highest BCUT2D eigenvalue weighted by atomic mass is 19.3. The number of hydrogen-bond donors (Lipinski definition) is 0. The van der Waals surface area contributed by atoms with Gasteiger partial charge in [-0.05, 0) is 37.3 Å². The number of fused-ring (bicyclic) bond motifs is 1. The number of hydrogen-bond acceptors (Lipinski definition) is 4. The Morgan fingerprint density at radius 3 is 2.29 bits per heavy atom. The van der Waals surface area contributed by atoms with Crippen molar-refractivity contribution in [2.75, 3.05) is 6.61 Å². The van der Waals surface area contributed by atoms with Crippen molar-refractivity contribution in [3.05, 3.63) is 41.2 Å². The van der Waals surface area contributed by atoms with Gasteiger partial charge in [-0.2, -0.15) is 0 Å². The SMILES string of the molecule is CCCCCCCCCC1CCc2cc(-c3ncc(OCC4OC4CCCC)cn3)c(F)c(F)c2C1(F)F. The molecule has 4 rings (SSSR count). The Labute approximate surface area is 223 Å². The van der Waals surface area contributed by atoms with E-state index in [9.17, 15) is 0 Å². The first-order valence-electron chi connectivity index (χ1n) is 14.4. The van der Waals surface area contributed by atoms with Crippen LogP contribution in [0.1, 0.15) is 102 Å². The van der Waals surface area contributed by atoms with E-state index >= 15 is 17.6 Å². The highest BCUT2D eigenvalue weighted by Crippen LogP contribution is 2.49. The summed E-state index contributed by atoms with van der Waals surface area (Å²) < 4.78 is 72.1. The van der Waals surface area contributed by atoms with Crippen molar-refractivity contribution < 1.29 is 27.0 Å². The Morgan fingerprint density at radius 1 is 0.895 bits per heavy atom. The number of benzene rings is 1. The monoisotopic (exact) mass is 536 g/mol. The Balaban J connectivity index is 1.38. The summed E-state index contributed by atoms with van der Waals surface area (Å²) in [6.45, 7) is 4.65. The topological polar surface area (TPSA) is 47.5 Å². The first-order chi connectivity index (χ1) is 18.4. The molecule has 1 aromatic heterocycles. The van der Waals surface area contributed by atoms with Gasteiger partial charge in [0.1, 0.15) is 12.7 Å². The largest absolute Gasteiger partial charge is 0.488 e. The number of ether oxygens (including phenoxy) is 2. The van der Waals surface area contributed by atoms with Gasteiger partial charge >= 0.3 is 0 Å². The molecule has 2 heterocycles. The van der Waals surface area contributed by atoms with Crippen molar-refractivity contribution >= 4 is 0 Å². The molecule has 0 bridgehead atoms. The van der Waals surface area contributed by atoms with Crippen LogP contribution >= 0.6 is 0 Å². The molecule has 1 aliphatic carbocycles. The molecule has 1 aliphatic heterocycles. The van der Waals surface area contributed by atoms with E-state index < -0.39 is 29.0 Å². The van der Waals surface area contributed by atoms with E-state index in [-0.39, 0.29) is 42.0 Å². The van der Waals surface area contributed by atoms with E-state index in [0.29, 0.717) is 25.2 Å². The van der Waals surface area contributed by atoms with Crippen LogP contribution in [0.2, 0.25) is 0 Å². The van der Waals surface area contributed by atoms with Crippen LogP contribution in [-0.2, 0) is 17.1 Å². The zero-order valence-corrected chi connectivity index (χ0v) is 22.6. The van der Waals surface area contributed by atoms with Crippen molar-refractivity contribution in [2.45, 2.75) is 115 Å². The van der Waals surface area contributed by atoms with Crippen LogP contribution in [-0.4, -0.2) is 28.8 Å². The second-order valence-corrected chi connectivity index (χ2v) is 10.8. The third kappa shape index (κ3) is 6.85. The highest BCUT2D eigenvalue weighted by molar-refractivity contribution is 5.60. The lowest BCUT2D eigenvalue weighted by Gasteiger charge is -2.34. The molecule has 3 unspecified atom stereocenters. The molecular weight excluding hydrogens is 496 g/mol. The zero-order valence-electron chi connectivity index (χ0n) is 22.6. The fourth-order valence-corrected chi connectivity index (χ4v) is 5.48. The molecule has 0 radical (unpaired) electrons. The van der Waals surface area contributed by atoms with E-state index in [1.165, 1.54) is 37.7 Å². The standard InChI is InChI=1S/C30H40F4N2O2/c1-3-5-7-8-9-10-11-12-21-15-14-20-16-23(27(31)28(32)26(20)30(21,33)34)29-35-17-22(18-36-29)37-19-25-24(38-25)13-6-4-2/h16-18,21,24-25H,3-15,19H2,1-2H3. The van der Waals surface area contributed by atoms with Gasteiger partial charge in [-0.25, -0.2) is 27.5 Å². The maximum atomic E-state index is 15.4. The fourth-order valence-electron chi connectivity index (χ4n) is 5.48. The first-order valence-corrected chi connectivity index (χ1v) is 14.4. The molecule has 0 spiro atoms. The first kappa shape index (κ1) is 28.8. The lowest BCUT2D eigenvalue weighted by Crippen LogP contribution is -2.33. The van der Waals surface area contributed by atoms with Gasteiger partial charge in [0.25, 0.3) is 5.92 Å². The summed E-state index contributed by atoms with van der Waals surface area (Å²) in [4.78, 5) is 8.25. The molecular formula is C30H40F4N2O2. The number of aromatic nitrogens is 2. The smallest absolute Gasteiger partial charge is 0.279 e. The van der Waals surface area contributed by atoms with Crippen molar-refractivity contribution in [3.63, 3.8) is 0 Å². The molecule has 0 N–H and O–H groups in total. The summed E-state index contributed by atoms with van der Waals surface area (Å²) in [5.74, 6) is -6.88. The van der Waals surface area contributed by atoms with Crippen molar-refractivity contribution in [2.24, 2.45) is 5.92 Å². The van der Waals surface area contributed by atoms with E-state index in [4.69, 9.17) is 9.47 Å². The Hall–Kier alpha value is -2.22. The molecule has 0 amide bonds. The van der Waals surface area contributed by atoms with E-state index in [2.05, 4.69) is 23.8 Å². The molecule has 2 aliphatic rings. The molecule has 3 atom stereocenters. The average Bonchev–Trinajstić information content (AvgIpc) is 3.67. The second-order valence-electron chi connectivity index (χ2n) is 10.8. The number of alkyl halides is 2. The maximum Gasteiger partial charge on any atom is 0.279 e. The van der Waals surface area contributed by atoms with E-state index in [1.54, 1.807) is 0 Å². The highest BCUT2D eigenvalue weighted by Gasteiger charge is 2.48. The quantitative estimate of drug-likeness (QED) is 0.130. The third-order valence-electron chi connectivity index (χ3n) is 7.87. The van der Waals surface area contributed by atoms with Crippen molar-refractivity contribution in [1.29, 1.82) is 0 Å². The Kier molecular flexibility index (Phi) is 10.0. The summed E-state index contributed by atoms with van der Waals surface area (Å²) in [7, 11) is 0. The van der Waals surface area contributed by atoms with Gasteiger partial charge in [0.2, 0.25) is 0 Å². The molecule has 1 saturated heterocycles. The lowest BCUT2D eigenvalue weighted by atomic mass is 9.77. The van der Waals surface area contributed by atoms with Gasteiger partial charge in [0, 0.05) is 5.92 Å². The Bertz CT molecular complexity index is 1050. The Morgan fingerprint density at radius 2 is 1.58 bits per heavy atom. The van der Waals surface area contributed by atoms with E-state index in [0.717, 1.165) is 38.5 Å². The van der Waals surface area contributed by atoms with Gasteiger partial charge in [-0.3, -0.25) is 0 Å². The molecule has 210 valence electrons. The van der Waals surface area contributed by atoms with Crippen LogP contribution in [0.5, 0.6) is 5.75 Å². The van der Waals surface area contributed by atoms with Gasteiger partial charge < -0.3 is 9.47 Å². The molecule has 2 aromatic rings. The molecule has 8 heteroatoms. The van der Waals surface area contributed by atoms with Gasteiger partial charge in [0.15, 0.2) is 23.2 Å². The second kappa shape index (κ2) is 13.2. The number of nitrogens with zero attached hydrogens (tertiary/aromatic N) is 2. The number of halogens is 4. The molecule has 4 nitrogen and oxygen atoms in total.